The summed E-state index contributed by atoms with van der Waals surface area (Å²) < 4.78 is 0. The summed E-state index contributed by atoms with van der Waals surface area (Å²) in [7, 11) is 0. The summed E-state index contributed by atoms with van der Waals surface area (Å²) >= 11 is 0. The van der Waals surface area contributed by atoms with Crippen molar-refractivity contribution in [3.8, 4) is 0 Å². The van der Waals surface area contributed by atoms with Crippen molar-refractivity contribution < 1.29 is 4.79 Å². The molecule has 2 rings (SSSR count). The highest BCUT2D eigenvalue weighted by Crippen LogP contribution is 2.48. The number of piperidine rings is 1. The fourth-order valence-corrected chi connectivity index (χ4v) is 2.44. The molecule has 1 amide bonds. The third kappa shape index (κ3) is 2.17. The quantitative estimate of drug-likeness (QED) is 0.737. The van der Waals surface area contributed by atoms with Crippen LogP contribution in [0.25, 0.3) is 0 Å². The minimum atomic E-state index is 0.0184. The molecule has 0 radical (unpaired) electrons. The van der Waals surface area contributed by atoms with Gasteiger partial charge in [-0.2, -0.15) is 0 Å². The van der Waals surface area contributed by atoms with Gasteiger partial charge in [0, 0.05) is 11.5 Å². The maximum atomic E-state index is 12.0. The molecular weight excluding hydrogens is 188 g/mol. The Labute approximate surface area is 92.0 Å². The van der Waals surface area contributed by atoms with Crippen LogP contribution in [0.1, 0.15) is 39.5 Å². The zero-order valence-electron chi connectivity index (χ0n) is 9.81. The van der Waals surface area contributed by atoms with Crippen molar-refractivity contribution in [3.05, 3.63) is 0 Å². The molecule has 0 aromatic heterocycles. The lowest BCUT2D eigenvalue weighted by molar-refractivity contribution is -0.127. The Morgan fingerprint density at radius 1 is 1.53 bits per heavy atom. The SMILES string of the molecule is CCC1(C(=O)NC2CCNCC2C)CC1. The van der Waals surface area contributed by atoms with E-state index in [-0.39, 0.29) is 5.41 Å². The summed E-state index contributed by atoms with van der Waals surface area (Å²) in [6.45, 7) is 6.40. The van der Waals surface area contributed by atoms with Crippen molar-refractivity contribution in [1.82, 2.24) is 10.6 Å². The number of carbonyl (C=O) groups is 1. The molecule has 2 fully saturated rings. The molecule has 2 unspecified atom stereocenters. The lowest BCUT2D eigenvalue weighted by Gasteiger charge is -2.31. The van der Waals surface area contributed by atoms with Crippen molar-refractivity contribution in [2.45, 2.75) is 45.6 Å². The van der Waals surface area contributed by atoms with Gasteiger partial charge < -0.3 is 10.6 Å². The number of hydrogen-bond acceptors (Lipinski definition) is 2. The molecule has 0 spiro atoms. The first-order chi connectivity index (χ1) is 7.18. The lowest BCUT2D eigenvalue weighted by atomic mass is 9.93. The molecule has 0 aromatic rings. The summed E-state index contributed by atoms with van der Waals surface area (Å²) in [5.74, 6) is 0.874. The van der Waals surface area contributed by atoms with Crippen LogP contribution in [0, 0.1) is 11.3 Å². The van der Waals surface area contributed by atoms with E-state index in [9.17, 15) is 4.79 Å². The number of hydrogen-bond donors (Lipinski definition) is 2. The summed E-state index contributed by atoms with van der Waals surface area (Å²) in [6.07, 6.45) is 4.26. The fourth-order valence-electron chi connectivity index (χ4n) is 2.44. The number of amides is 1. The summed E-state index contributed by atoms with van der Waals surface area (Å²) in [6, 6.07) is 0.391. The van der Waals surface area contributed by atoms with Gasteiger partial charge in [0.05, 0.1) is 0 Å². The van der Waals surface area contributed by atoms with Crippen LogP contribution in [0.3, 0.4) is 0 Å². The van der Waals surface area contributed by atoms with E-state index in [0.717, 1.165) is 38.8 Å². The second-order valence-electron chi connectivity index (χ2n) is 5.18. The van der Waals surface area contributed by atoms with Gasteiger partial charge in [-0.05, 0) is 44.7 Å². The van der Waals surface area contributed by atoms with Crippen LogP contribution in [0.15, 0.2) is 0 Å². The fraction of sp³-hybridized carbons (Fsp3) is 0.917. The van der Waals surface area contributed by atoms with Crippen LogP contribution in [0.2, 0.25) is 0 Å². The topological polar surface area (TPSA) is 41.1 Å². The van der Waals surface area contributed by atoms with Gasteiger partial charge in [0.2, 0.25) is 5.91 Å². The van der Waals surface area contributed by atoms with Crippen LogP contribution in [0.4, 0.5) is 0 Å². The molecule has 1 heterocycles. The maximum Gasteiger partial charge on any atom is 0.226 e. The van der Waals surface area contributed by atoms with Gasteiger partial charge in [-0.25, -0.2) is 0 Å². The molecule has 1 aliphatic heterocycles. The standard InChI is InChI=1S/C12H22N2O/c1-3-12(5-6-12)11(15)14-10-4-7-13-8-9(10)2/h9-10,13H,3-8H2,1-2H3,(H,14,15). The molecule has 0 aromatic carbocycles. The van der Waals surface area contributed by atoms with Gasteiger partial charge >= 0.3 is 0 Å². The molecule has 3 nitrogen and oxygen atoms in total. The average molecular weight is 210 g/mol. The van der Waals surface area contributed by atoms with E-state index in [0.29, 0.717) is 17.9 Å². The molecule has 1 aliphatic carbocycles. The van der Waals surface area contributed by atoms with Gasteiger partial charge in [-0.1, -0.05) is 13.8 Å². The van der Waals surface area contributed by atoms with E-state index in [4.69, 9.17) is 0 Å². The normalized spacial score (nSPS) is 33.5. The minimum Gasteiger partial charge on any atom is -0.353 e. The van der Waals surface area contributed by atoms with Crippen LogP contribution < -0.4 is 10.6 Å². The average Bonchev–Trinajstić information content (AvgIpc) is 3.02. The Morgan fingerprint density at radius 2 is 2.27 bits per heavy atom. The first-order valence-corrected chi connectivity index (χ1v) is 6.19. The first kappa shape index (κ1) is 10.9. The predicted molar refractivity (Wildman–Crippen MR) is 60.5 cm³/mol. The Kier molecular flexibility index (Phi) is 3.01. The van der Waals surface area contributed by atoms with E-state index >= 15 is 0 Å². The van der Waals surface area contributed by atoms with E-state index < -0.39 is 0 Å². The van der Waals surface area contributed by atoms with Gasteiger partial charge in [-0.3, -0.25) is 4.79 Å². The lowest BCUT2D eigenvalue weighted by Crippen LogP contribution is -2.50. The molecular formula is C12H22N2O. The smallest absolute Gasteiger partial charge is 0.226 e. The Morgan fingerprint density at radius 3 is 2.80 bits per heavy atom. The number of rotatable bonds is 3. The third-order valence-corrected chi connectivity index (χ3v) is 4.11. The highest BCUT2D eigenvalue weighted by Gasteiger charge is 2.48. The molecule has 1 saturated carbocycles. The van der Waals surface area contributed by atoms with Crippen molar-refractivity contribution in [2.75, 3.05) is 13.1 Å². The van der Waals surface area contributed by atoms with Crippen molar-refractivity contribution in [2.24, 2.45) is 11.3 Å². The van der Waals surface area contributed by atoms with Crippen LogP contribution in [-0.4, -0.2) is 25.0 Å². The Balaban J connectivity index is 1.88. The third-order valence-electron chi connectivity index (χ3n) is 4.11. The second kappa shape index (κ2) is 4.12. The molecule has 2 atom stereocenters. The molecule has 86 valence electrons. The van der Waals surface area contributed by atoms with Crippen molar-refractivity contribution in [3.63, 3.8) is 0 Å². The van der Waals surface area contributed by atoms with Gasteiger partial charge in [-0.15, -0.1) is 0 Å². The van der Waals surface area contributed by atoms with Crippen LogP contribution in [-0.2, 0) is 4.79 Å². The first-order valence-electron chi connectivity index (χ1n) is 6.19. The molecule has 2 N–H and O–H groups in total. The van der Waals surface area contributed by atoms with Gasteiger partial charge in [0.15, 0.2) is 0 Å². The molecule has 15 heavy (non-hydrogen) atoms. The highest BCUT2D eigenvalue weighted by molar-refractivity contribution is 5.85. The second-order valence-corrected chi connectivity index (χ2v) is 5.18. The van der Waals surface area contributed by atoms with E-state index in [1.165, 1.54) is 0 Å². The van der Waals surface area contributed by atoms with Crippen LogP contribution >= 0.6 is 0 Å². The summed E-state index contributed by atoms with van der Waals surface area (Å²) in [5, 5.41) is 6.60. The minimum absolute atomic E-state index is 0.0184. The monoisotopic (exact) mass is 210 g/mol. The summed E-state index contributed by atoms with van der Waals surface area (Å²) in [5.41, 5.74) is 0.0184. The van der Waals surface area contributed by atoms with E-state index in [1.54, 1.807) is 0 Å². The predicted octanol–water partition coefficient (Wildman–Crippen LogP) is 1.29. The van der Waals surface area contributed by atoms with Crippen LogP contribution in [0.5, 0.6) is 0 Å². The Hall–Kier alpha value is -0.570. The van der Waals surface area contributed by atoms with E-state index in [2.05, 4.69) is 24.5 Å². The zero-order chi connectivity index (χ0) is 10.9. The van der Waals surface area contributed by atoms with Gasteiger partial charge in [0.1, 0.15) is 0 Å². The molecule has 1 saturated heterocycles. The van der Waals surface area contributed by atoms with E-state index in [1.807, 2.05) is 0 Å². The molecule has 2 aliphatic rings. The number of carbonyl (C=O) groups excluding carboxylic acids is 1. The maximum absolute atomic E-state index is 12.0. The van der Waals surface area contributed by atoms with Crippen molar-refractivity contribution >= 4 is 5.91 Å². The Bertz CT molecular complexity index is 248. The van der Waals surface area contributed by atoms with Gasteiger partial charge in [0.25, 0.3) is 0 Å². The molecule has 0 bridgehead atoms. The largest absolute Gasteiger partial charge is 0.353 e. The number of nitrogens with one attached hydrogen (secondary N) is 2. The van der Waals surface area contributed by atoms with Crippen molar-refractivity contribution in [1.29, 1.82) is 0 Å². The zero-order valence-corrected chi connectivity index (χ0v) is 9.81. The highest BCUT2D eigenvalue weighted by atomic mass is 16.2. The molecule has 3 heteroatoms. The summed E-state index contributed by atoms with van der Waals surface area (Å²) in [4.78, 5) is 12.0.